The minimum Gasteiger partial charge on any atom is -0.748 e. The van der Waals surface area contributed by atoms with E-state index in [1.165, 1.54) is 18.2 Å². The molecule has 1 fully saturated rings. The predicted molar refractivity (Wildman–Crippen MR) is 240 cm³/mol. The second-order valence-electron chi connectivity index (χ2n) is 16.9. The number of imide groups is 1. The third-order valence-corrected chi connectivity index (χ3v) is 13.7. The molecule has 336 valence electrons. The molecule has 4 aliphatic heterocycles. The van der Waals surface area contributed by atoms with E-state index in [2.05, 4.69) is 50.8 Å². The lowest BCUT2D eigenvalue weighted by Crippen LogP contribution is -2.44. The Morgan fingerprint density at radius 2 is 1.64 bits per heavy atom. The number of anilines is 1. The van der Waals surface area contributed by atoms with E-state index in [1.807, 2.05) is 61.6 Å². The van der Waals surface area contributed by atoms with E-state index in [-0.39, 0.29) is 50.6 Å². The first-order valence-corrected chi connectivity index (χ1v) is 24.1. The van der Waals surface area contributed by atoms with Gasteiger partial charge in [-0.25, -0.2) is 21.6 Å². The Morgan fingerprint density at radius 3 is 2.31 bits per heavy atom. The highest BCUT2D eigenvalue weighted by molar-refractivity contribution is 7.86. The maximum Gasteiger partial charge on any atom is 0.333 e. The van der Waals surface area contributed by atoms with Gasteiger partial charge in [0.1, 0.15) is 28.2 Å². The molecule has 0 aliphatic carbocycles. The molecule has 2 amide bonds. The van der Waals surface area contributed by atoms with Crippen LogP contribution in [0.2, 0.25) is 0 Å². The molecule has 0 aromatic heterocycles. The molecule has 0 radical (unpaired) electrons. The molecular formula is C48H50N3O11S2-. The van der Waals surface area contributed by atoms with Gasteiger partial charge in [-0.05, 0) is 82.9 Å². The summed E-state index contributed by atoms with van der Waals surface area (Å²) in [6, 6.07) is 18.0. The normalized spacial score (nSPS) is 20.1. The average molecular weight is 909 g/mol. The van der Waals surface area contributed by atoms with Crippen molar-refractivity contribution >= 4 is 72.0 Å². The molecule has 7 rings (SSSR count). The molecule has 0 saturated carbocycles. The number of benzene rings is 3. The second-order valence-corrected chi connectivity index (χ2v) is 19.9. The third kappa shape index (κ3) is 9.60. The fourth-order valence-electron chi connectivity index (χ4n) is 9.09. The number of fused-ring (bicyclic) bond motifs is 3. The van der Waals surface area contributed by atoms with Crippen molar-refractivity contribution in [2.45, 2.75) is 89.0 Å². The van der Waals surface area contributed by atoms with Crippen molar-refractivity contribution in [3.05, 3.63) is 125 Å². The van der Waals surface area contributed by atoms with E-state index in [9.17, 15) is 40.3 Å². The zero-order valence-corrected chi connectivity index (χ0v) is 38.0. The lowest BCUT2D eigenvalue weighted by Gasteiger charge is -2.43. The minimum atomic E-state index is -4.90. The van der Waals surface area contributed by atoms with Gasteiger partial charge in [0.25, 0.3) is 11.8 Å². The molecule has 3 aromatic rings. The van der Waals surface area contributed by atoms with Gasteiger partial charge in [0, 0.05) is 84.1 Å². The van der Waals surface area contributed by atoms with Crippen molar-refractivity contribution in [3.63, 3.8) is 0 Å². The van der Waals surface area contributed by atoms with Crippen molar-refractivity contribution in [2.24, 2.45) is 0 Å². The number of likely N-dealkylation sites (N-methyl/N-ethyl adjacent to an activating group) is 1. The average Bonchev–Trinajstić information content (AvgIpc) is 3.66. The van der Waals surface area contributed by atoms with Gasteiger partial charge in [-0.2, -0.15) is 4.58 Å². The summed E-state index contributed by atoms with van der Waals surface area (Å²) in [6.45, 7) is 11.3. The number of allylic oxidation sites excluding steroid dienone is 8. The van der Waals surface area contributed by atoms with Gasteiger partial charge >= 0.3 is 5.97 Å². The highest BCUT2D eigenvalue weighted by Gasteiger charge is 2.48. The van der Waals surface area contributed by atoms with Crippen LogP contribution in [0.3, 0.4) is 0 Å². The number of nitrogens with zero attached hydrogens (tertiary/aromatic N) is 3. The van der Waals surface area contributed by atoms with E-state index in [4.69, 9.17) is 9.57 Å². The SMILES string of the molecule is CCN1c2cc3c(cc2C(C)=CC1(C)C)/C(=C/C=C/C=C/C1=[N+](CCCS(=O)(=O)[O-])c2ccc(S(=O)(=O)[O-])cc2C1(C)CCCC(=O)ON1C(=O)CCC1=O)C=C(c1ccccc1)O3. The number of hydrogen-bond donors (Lipinski definition) is 0. The standard InChI is InChI=1S/C48H51N3O11S2/c1-6-50-40-30-42-37(29-36(40)32(2)31-47(50,3)4)34(27-41(61-42)33-15-9-7-10-16-33)17-11-8-12-18-43-48(5,24-13-19-46(54)62-51-44(52)22-23-45(51)53)38-28-35(64(58,59)60)20-21-39(38)49(43)25-14-26-63(55,56)57/h7-12,15-18,20-21,27-31H,6,13-14,19,22-26H2,1-5H3,(H-,55,56,57,58,59,60)/p-1. The summed E-state index contributed by atoms with van der Waals surface area (Å²) in [5.41, 5.74) is 6.32. The van der Waals surface area contributed by atoms with Crippen LogP contribution in [-0.2, 0) is 44.9 Å². The van der Waals surface area contributed by atoms with Crippen LogP contribution in [0.4, 0.5) is 11.4 Å². The molecule has 1 atom stereocenters. The van der Waals surface area contributed by atoms with Crippen LogP contribution < -0.4 is 9.64 Å². The van der Waals surface area contributed by atoms with Gasteiger partial charge in [0.2, 0.25) is 5.69 Å². The zero-order chi connectivity index (χ0) is 46.2. The smallest absolute Gasteiger partial charge is 0.333 e. The monoisotopic (exact) mass is 908 g/mol. The van der Waals surface area contributed by atoms with Crippen LogP contribution in [0.5, 0.6) is 5.75 Å². The van der Waals surface area contributed by atoms with Crippen molar-refractivity contribution in [1.29, 1.82) is 0 Å². The van der Waals surface area contributed by atoms with E-state index < -0.39 is 54.1 Å². The van der Waals surface area contributed by atoms with Crippen molar-refractivity contribution in [3.8, 4) is 5.75 Å². The summed E-state index contributed by atoms with van der Waals surface area (Å²) in [7, 11) is -9.46. The molecule has 0 N–H and O–H groups in total. The Morgan fingerprint density at radius 1 is 0.922 bits per heavy atom. The van der Waals surface area contributed by atoms with Crippen LogP contribution >= 0.6 is 0 Å². The summed E-state index contributed by atoms with van der Waals surface area (Å²) in [6.07, 6.45) is 13.4. The lowest BCUT2D eigenvalue weighted by atomic mass is 9.75. The molecule has 1 unspecified atom stereocenters. The minimum absolute atomic E-state index is 0.0524. The largest absolute Gasteiger partial charge is 0.748 e. The Kier molecular flexibility index (Phi) is 12.9. The molecule has 4 heterocycles. The molecule has 1 saturated heterocycles. The fourth-order valence-corrected chi connectivity index (χ4v) is 10.1. The van der Waals surface area contributed by atoms with Crippen LogP contribution in [0.15, 0.2) is 108 Å². The van der Waals surface area contributed by atoms with E-state index >= 15 is 0 Å². The summed E-state index contributed by atoms with van der Waals surface area (Å²) < 4.78 is 80.1. The molecule has 16 heteroatoms. The lowest BCUT2D eigenvalue weighted by molar-refractivity contribution is -0.437. The van der Waals surface area contributed by atoms with Crippen LogP contribution in [0, 0.1) is 0 Å². The van der Waals surface area contributed by atoms with Crippen LogP contribution in [-0.4, -0.2) is 83.5 Å². The number of carbonyl (C=O) groups is 3. The van der Waals surface area contributed by atoms with Gasteiger partial charge in [0.05, 0.1) is 26.0 Å². The van der Waals surface area contributed by atoms with Crippen LogP contribution in [0.25, 0.3) is 16.9 Å². The molecule has 0 bridgehead atoms. The van der Waals surface area contributed by atoms with Crippen molar-refractivity contribution in [1.82, 2.24) is 5.06 Å². The first-order valence-electron chi connectivity index (χ1n) is 21.1. The van der Waals surface area contributed by atoms with E-state index in [0.29, 0.717) is 33.5 Å². The molecule has 64 heavy (non-hydrogen) atoms. The van der Waals surface area contributed by atoms with Crippen LogP contribution in [0.1, 0.15) is 95.4 Å². The summed E-state index contributed by atoms with van der Waals surface area (Å²) >= 11 is 0. The number of hydroxylamine groups is 2. The molecule has 4 aliphatic rings. The Hall–Kier alpha value is -5.94. The topological polar surface area (TPSA) is 194 Å². The van der Waals surface area contributed by atoms with Crippen molar-refractivity contribution in [2.75, 3.05) is 23.7 Å². The van der Waals surface area contributed by atoms with Gasteiger partial charge in [-0.3, -0.25) is 9.59 Å². The Bertz CT molecular complexity index is 2820. The number of carbonyl (C=O) groups excluding carboxylic acids is 3. The number of rotatable bonds is 15. The number of hydrogen-bond acceptors (Lipinski definition) is 12. The highest BCUT2D eigenvalue weighted by Crippen LogP contribution is 2.47. The van der Waals surface area contributed by atoms with E-state index in [0.717, 1.165) is 40.1 Å². The molecular weight excluding hydrogens is 859 g/mol. The Labute approximate surface area is 374 Å². The molecule has 0 spiro atoms. The molecule has 3 aromatic carbocycles. The summed E-state index contributed by atoms with van der Waals surface area (Å²) in [4.78, 5) is 43.9. The molecule has 14 nitrogen and oxygen atoms in total. The quantitative estimate of drug-likeness (QED) is 0.0640. The van der Waals surface area contributed by atoms with Gasteiger partial charge < -0.3 is 23.6 Å². The second kappa shape index (κ2) is 17.9. The van der Waals surface area contributed by atoms with Gasteiger partial charge in [-0.15, -0.1) is 5.06 Å². The third-order valence-electron chi connectivity index (χ3n) is 12.1. The highest BCUT2D eigenvalue weighted by atomic mass is 32.2. The predicted octanol–water partition coefficient (Wildman–Crippen LogP) is 7.31. The number of amides is 2. The summed E-state index contributed by atoms with van der Waals surface area (Å²) in [5, 5.41) is 0.470. The maximum absolute atomic E-state index is 12.8. The van der Waals surface area contributed by atoms with Gasteiger partial charge in [-0.1, -0.05) is 60.7 Å². The Balaban J connectivity index is 1.25. The first-order chi connectivity index (χ1) is 30.2. The number of ether oxygens (including phenoxy) is 1. The zero-order valence-electron chi connectivity index (χ0n) is 36.3. The van der Waals surface area contributed by atoms with Gasteiger partial charge in [0.15, 0.2) is 5.71 Å². The van der Waals surface area contributed by atoms with Crippen molar-refractivity contribution < 1.29 is 54.5 Å². The van der Waals surface area contributed by atoms with E-state index in [1.54, 1.807) is 16.7 Å². The first kappa shape index (κ1) is 46.1. The summed E-state index contributed by atoms with van der Waals surface area (Å²) in [5.74, 6) is -1.30. The fraction of sp³-hybridized carbons (Fsp3) is 0.333. The maximum atomic E-state index is 12.8.